The lowest BCUT2D eigenvalue weighted by Gasteiger charge is -2.47. The van der Waals surface area contributed by atoms with Crippen LogP contribution in [0.3, 0.4) is 0 Å². The van der Waals surface area contributed by atoms with Crippen LogP contribution in [0.5, 0.6) is 0 Å². The molecule has 0 unspecified atom stereocenters. The Morgan fingerprint density at radius 3 is 2.50 bits per heavy atom. The summed E-state index contributed by atoms with van der Waals surface area (Å²) < 4.78 is 5.96. The highest BCUT2D eigenvalue weighted by Crippen LogP contribution is 2.33. The van der Waals surface area contributed by atoms with Crippen LogP contribution >= 0.6 is 15.9 Å². The number of aryl methyl sites for hydroxylation is 1. The van der Waals surface area contributed by atoms with Crippen molar-refractivity contribution >= 4 is 27.7 Å². The Morgan fingerprint density at radius 1 is 1.32 bits per heavy atom. The second-order valence-electron chi connectivity index (χ2n) is 6.82. The fourth-order valence-electron chi connectivity index (χ4n) is 3.11. The molecule has 2 fully saturated rings. The van der Waals surface area contributed by atoms with E-state index in [-0.39, 0.29) is 23.3 Å². The Bertz CT molecular complexity index is 619. The maximum atomic E-state index is 12.8. The van der Waals surface area contributed by atoms with Gasteiger partial charge in [-0.1, -0.05) is 0 Å². The molecule has 2 heterocycles. The molecule has 0 radical (unpaired) electrons. The maximum Gasteiger partial charge on any atom is 0.258 e. The van der Waals surface area contributed by atoms with Crippen LogP contribution in [0, 0.1) is 12.8 Å². The summed E-state index contributed by atoms with van der Waals surface area (Å²) in [6.07, 6.45) is 2.03. The average Bonchev–Trinajstić information content (AvgIpc) is 3.21. The summed E-state index contributed by atoms with van der Waals surface area (Å²) in [4.78, 5) is 28.8. The summed E-state index contributed by atoms with van der Waals surface area (Å²) in [5.74, 6) is 1.06. The molecule has 1 aliphatic carbocycles. The van der Waals surface area contributed by atoms with Crippen LogP contribution in [0.4, 0.5) is 0 Å². The number of piperazine rings is 1. The third kappa shape index (κ3) is 2.81. The molecule has 6 heteroatoms. The lowest BCUT2D eigenvalue weighted by molar-refractivity contribution is -0.136. The van der Waals surface area contributed by atoms with Gasteiger partial charge in [0, 0.05) is 31.6 Å². The Hall–Kier alpha value is -1.30. The molecule has 0 N–H and O–H groups in total. The topological polar surface area (TPSA) is 53.8 Å². The minimum absolute atomic E-state index is 0.0320. The van der Waals surface area contributed by atoms with Gasteiger partial charge in [0.1, 0.15) is 5.76 Å². The molecule has 0 bridgehead atoms. The average molecular weight is 369 g/mol. The minimum atomic E-state index is -0.379. The molecule has 2 aliphatic rings. The molecule has 0 atom stereocenters. The van der Waals surface area contributed by atoms with Crippen LogP contribution in [-0.2, 0) is 4.79 Å². The van der Waals surface area contributed by atoms with Crippen LogP contribution in [0.1, 0.15) is 42.8 Å². The van der Waals surface area contributed by atoms with Crippen molar-refractivity contribution in [1.29, 1.82) is 0 Å². The van der Waals surface area contributed by atoms with Crippen molar-refractivity contribution < 1.29 is 14.0 Å². The van der Waals surface area contributed by atoms with E-state index >= 15 is 0 Å². The largest absolute Gasteiger partial charge is 0.454 e. The third-order valence-electron chi connectivity index (χ3n) is 4.50. The molecule has 0 spiro atoms. The number of amides is 2. The number of furan rings is 1. The summed E-state index contributed by atoms with van der Waals surface area (Å²) >= 11 is 3.27. The Kier molecular flexibility index (Phi) is 3.83. The second kappa shape index (κ2) is 5.41. The predicted molar refractivity (Wildman–Crippen MR) is 85.6 cm³/mol. The highest BCUT2D eigenvalue weighted by Gasteiger charge is 2.42. The van der Waals surface area contributed by atoms with Gasteiger partial charge in [0.25, 0.3) is 5.91 Å². The molecule has 1 aliphatic heterocycles. The number of rotatable bonds is 2. The highest BCUT2D eigenvalue weighted by atomic mass is 79.9. The van der Waals surface area contributed by atoms with Crippen LogP contribution in [0.25, 0.3) is 0 Å². The van der Waals surface area contributed by atoms with Gasteiger partial charge in [-0.15, -0.1) is 0 Å². The summed E-state index contributed by atoms with van der Waals surface area (Å²) in [5.41, 5.74) is 0.206. The summed E-state index contributed by atoms with van der Waals surface area (Å²) in [5, 5.41) is 0. The lowest BCUT2D eigenvalue weighted by atomic mass is 9.97. The molecular formula is C16H21BrN2O3. The van der Waals surface area contributed by atoms with Crippen molar-refractivity contribution in [2.24, 2.45) is 5.92 Å². The molecule has 2 amide bonds. The van der Waals surface area contributed by atoms with Crippen molar-refractivity contribution in [3.63, 3.8) is 0 Å². The SMILES string of the molecule is Cc1oc(Br)cc1C(=O)N1CCN(C(=O)C2CC2)CC1(C)C. The zero-order chi connectivity index (χ0) is 16.1. The van der Waals surface area contributed by atoms with E-state index in [2.05, 4.69) is 15.9 Å². The molecule has 1 aromatic heterocycles. The van der Waals surface area contributed by atoms with Gasteiger partial charge in [-0.25, -0.2) is 0 Å². The Labute approximate surface area is 138 Å². The normalized spacial score (nSPS) is 21.1. The van der Waals surface area contributed by atoms with Gasteiger partial charge in [0.2, 0.25) is 5.91 Å². The first-order valence-electron chi connectivity index (χ1n) is 7.66. The predicted octanol–water partition coefficient (Wildman–Crippen LogP) is 2.82. The fourth-order valence-corrected chi connectivity index (χ4v) is 3.58. The first kappa shape index (κ1) is 15.6. The minimum Gasteiger partial charge on any atom is -0.454 e. The molecule has 1 aromatic rings. The van der Waals surface area contributed by atoms with Crippen molar-refractivity contribution in [1.82, 2.24) is 9.80 Å². The van der Waals surface area contributed by atoms with E-state index in [1.165, 1.54) is 0 Å². The smallest absolute Gasteiger partial charge is 0.258 e. The number of hydrogen-bond donors (Lipinski definition) is 0. The van der Waals surface area contributed by atoms with Gasteiger partial charge < -0.3 is 14.2 Å². The van der Waals surface area contributed by atoms with Crippen molar-refractivity contribution in [3.8, 4) is 0 Å². The summed E-state index contributed by atoms with van der Waals surface area (Å²) in [6.45, 7) is 7.59. The van der Waals surface area contributed by atoms with Gasteiger partial charge in [-0.05, 0) is 49.5 Å². The highest BCUT2D eigenvalue weighted by molar-refractivity contribution is 9.10. The third-order valence-corrected chi connectivity index (χ3v) is 4.89. The van der Waals surface area contributed by atoms with Crippen LogP contribution < -0.4 is 0 Å². The number of nitrogens with zero attached hydrogens (tertiary/aromatic N) is 2. The molecule has 1 saturated carbocycles. The van der Waals surface area contributed by atoms with E-state index < -0.39 is 0 Å². The van der Waals surface area contributed by atoms with Gasteiger partial charge in [0.05, 0.1) is 11.1 Å². The summed E-state index contributed by atoms with van der Waals surface area (Å²) in [6, 6.07) is 1.72. The molecule has 22 heavy (non-hydrogen) atoms. The van der Waals surface area contributed by atoms with Gasteiger partial charge in [-0.2, -0.15) is 0 Å². The Balaban J connectivity index is 1.76. The van der Waals surface area contributed by atoms with E-state index in [1.807, 2.05) is 23.6 Å². The second-order valence-corrected chi connectivity index (χ2v) is 7.61. The zero-order valence-corrected chi connectivity index (χ0v) is 14.8. The van der Waals surface area contributed by atoms with Gasteiger partial charge >= 0.3 is 0 Å². The molecule has 120 valence electrons. The molecule has 3 rings (SSSR count). The number of carbonyl (C=O) groups is 2. The van der Waals surface area contributed by atoms with Crippen LogP contribution in [-0.4, -0.2) is 46.8 Å². The zero-order valence-electron chi connectivity index (χ0n) is 13.2. The molecule has 1 saturated heterocycles. The van der Waals surface area contributed by atoms with Crippen molar-refractivity contribution in [2.45, 2.75) is 39.2 Å². The lowest BCUT2D eigenvalue weighted by Crippen LogP contribution is -2.62. The van der Waals surface area contributed by atoms with Crippen LogP contribution in [0.2, 0.25) is 0 Å². The molecule has 5 nitrogen and oxygen atoms in total. The van der Waals surface area contributed by atoms with E-state index in [4.69, 9.17) is 4.42 Å². The first-order valence-corrected chi connectivity index (χ1v) is 8.45. The maximum absolute atomic E-state index is 12.8. The molecule has 0 aromatic carbocycles. The Morgan fingerprint density at radius 2 is 2.00 bits per heavy atom. The van der Waals surface area contributed by atoms with E-state index in [0.717, 1.165) is 12.8 Å². The number of carbonyl (C=O) groups excluding carboxylic acids is 2. The first-order chi connectivity index (χ1) is 10.3. The monoisotopic (exact) mass is 368 g/mol. The standard InChI is InChI=1S/C16H21BrN2O3/c1-10-12(8-13(17)22-10)15(21)19-7-6-18(9-16(19,2)3)14(20)11-4-5-11/h8,11H,4-7,9H2,1-3H3. The van der Waals surface area contributed by atoms with Crippen molar-refractivity contribution in [2.75, 3.05) is 19.6 Å². The quantitative estimate of drug-likeness (QED) is 0.806. The van der Waals surface area contributed by atoms with Gasteiger partial charge in [-0.3, -0.25) is 9.59 Å². The van der Waals surface area contributed by atoms with E-state index in [0.29, 0.717) is 35.6 Å². The van der Waals surface area contributed by atoms with Crippen LogP contribution in [0.15, 0.2) is 15.2 Å². The molecular weight excluding hydrogens is 348 g/mol. The summed E-state index contributed by atoms with van der Waals surface area (Å²) in [7, 11) is 0. The number of halogens is 1. The van der Waals surface area contributed by atoms with Crippen molar-refractivity contribution in [3.05, 3.63) is 22.1 Å². The van der Waals surface area contributed by atoms with E-state index in [9.17, 15) is 9.59 Å². The van der Waals surface area contributed by atoms with E-state index in [1.54, 1.807) is 13.0 Å². The fraction of sp³-hybridized carbons (Fsp3) is 0.625. The van der Waals surface area contributed by atoms with Gasteiger partial charge in [0.15, 0.2) is 4.67 Å². The number of hydrogen-bond acceptors (Lipinski definition) is 3.